The molecule has 39 heavy (non-hydrogen) atoms. The summed E-state index contributed by atoms with van der Waals surface area (Å²) in [7, 11) is 0. The number of aryl methyl sites for hydroxylation is 1. The number of ether oxygens (including phenoxy) is 1. The van der Waals surface area contributed by atoms with E-state index in [0.29, 0.717) is 24.3 Å². The molecule has 4 heterocycles. The van der Waals surface area contributed by atoms with Crippen molar-refractivity contribution in [2.45, 2.75) is 90.6 Å². The van der Waals surface area contributed by atoms with Gasteiger partial charge in [0.1, 0.15) is 11.5 Å². The summed E-state index contributed by atoms with van der Waals surface area (Å²) in [5, 5.41) is 9.33. The first kappa shape index (κ1) is 27.2. The van der Waals surface area contributed by atoms with Crippen molar-refractivity contribution in [2.24, 2.45) is 29.4 Å². The van der Waals surface area contributed by atoms with Gasteiger partial charge in [0.25, 0.3) is 0 Å². The lowest BCUT2D eigenvalue weighted by atomic mass is 9.59. The highest BCUT2D eigenvalue weighted by Crippen LogP contribution is 2.49. The Kier molecular flexibility index (Phi) is 7.69. The molecular formula is C30H40N6O3. The summed E-state index contributed by atoms with van der Waals surface area (Å²) in [6.07, 6.45) is 12.1. The van der Waals surface area contributed by atoms with Crippen molar-refractivity contribution in [2.75, 3.05) is 0 Å². The number of hydrogen-bond acceptors (Lipinski definition) is 7. The highest BCUT2D eigenvalue weighted by molar-refractivity contribution is 5.87. The number of nitrogens with two attached hydrogens (primary N) is 1. The van der Waals surface area contributed by atoms with Crippen LogP contribution in [-0.4, -0.2) is 42.5 Å². The minimum atomic E-state index is -1.16. The second-order valence-corrected chi connectivity index (χ2v) is 11.7. The summed E-state index contributed by atoms with van der Waals surface area (Å²) in [4.78, 5) is 35.9. The number of hydrogen-bond donors (Lipinski definition) is 1. The molecule has 0 spiro atoms. The molecule has 9 heteroatoms. The summed E-state index contributed by atoms with van der Waals surface area (Å²) in [5.74, 6) is -0.540. The summed E-state index contributed by atoms with van der Waals surface area (Å²) in [6, 6.07) is 3.85. The van der Waals surface area contributed by atoms with Gasteiger partial charge in [-0.1, -0.05) is 53.4 Å². The SMILES string of the molecule is CCCc1nc(-c2cccnc2)cn2c(C(C(N)=O)(C3CCCCC3)[C@H](C)[C@@H]3C[C@H](C(C)C)C(=O)O3)nnc12. The molecule has 2 N–H and O–H groups in total. The van der Waals surface area contributed by atoms with Gasteiger partial charge in [0.15, 0.2) is 11.5 Å². The maximum atomic E-state index is 13.9. The topological polar surface area (TPSA) is 125 Å². The van der Waals surface area contributed by atoms with Crippen molar-refractivity contribution < 1.29 is 14.3 Å². The molecular weight excluding hydrogens is 492 g/mol. The van der Waals surface area contributed by atoms with Crippen LogP contribution in [-0.2, 0) is 26.2 Å². The van der Waals surface area contributed by atoms with E-state index >= 15 is 0 Å². The third-order valence-electron chi connectivity index (χ3n) is 9.07. The molecule has 1 aliphatic heterocycles. The number of aromatic nitrogens is 5. The Morgan fingerprint density at radius 3 is 2.59 bits per heavy atom. The van der Waals surface area contributed by atoms with Gasteiger partial charge < -0.3 is 10.5 Å². The lowest BCUT2D eigenvalue weighted by Gasteiger charge is -2.44. The minimum absolute atomic E-state index is 0.0346. The van der Waals surface area contributed by atoms with Gasteiger partial charge in [0.05, 0.1) is 17.3 Å². The third kappa shape index (κ3) is 4.70. The Labute approximate surface area is 230 Å². The monoisotopic (exact) mass is 532 g/mol. The number of amides is 1. The zero-order chi connectivity index (χ0) is 27.7. The van der Waals surface area contributed by atoms with E-state index in [0.717, 1.165) is 55.5 Å². The average Bonchev–Trinajstić information content (AvgIpc) is 3.54. The summed E-state index contributed by atoms with van der Waals surface area (Å²) in [6.45, 7) is 8.19. The van der Waals surface area contributed by atoms with E-state index in [1.165, 1.54) is 0 Å². The second kappa shape index (κ2) is 11.0. The Bertz CT molecular complexity index is 1330. The van der Waals surface area contributed by atoms with Gasteiger partial charge in [0, 0.05) is 30.1 Å². The molecule has 1 unspecified atom stereocenters. The van der Waals surface area contributed by atoms with E-state index in [-0.39, 0.29) is 29.6 Å². The van der Waals surface area contributed by atoms with Gasteiger partial charge in [-0.05, 0) is 49.7 Å². The maximum absolute atomic E-state index is 13.9. The van der Waals surface area contributed by atoms with E-state index in [1.807, 2.05) is 43.5 Å². The molecule has 9 nitrogen and oxygen atoms in total. The van der Waals surface area contributed by atoms with E-state index in [9.17, 15) is 9.59 Å². The standard InChI is InChI=1S/C30H40N6O3/c1-5-10-23-26-34-35-29(36(26)17-24(33-23)20-11-9-14-32-16-20)30(28(31)38,21-12-7-6-8-13-21)19(4)25-15-22(18(2)3)27(37)39-25/h9,11,14,16-19,21-22,25H,5-8,10,12-13,15H2,1-4H3,(H2,31,38)/t19-,22-,25+,30?/m1/s1. The van der Waals surface area contributed by atoms with Crippen LogP contribution in [0.5, 0.6) is 0 Å². The molecule has 1 aliphatic carbocycles. The van der Waals surface area contributed by atoms with Crippen LogP contribution in [0.15, 0.2) is 30.7 Å². The van der Waals surface area contributed by atoms with E-state index in [1.54, 1.807) is 12.4 Å². The number of cyclic esters (lactones) is 1. The smallest absolute Gasteiger partial charge is 0.309 e. The van der Waals surface area contributed by atoms with Gasteiger partial charge in [-0.15, -0.1) is 10.2 Å². The van der Waals surface area contributed by atoms with Crippen LogP contribution < -0.4 is 5.73 Å². The first-order valence-corrected chi connectivity index (χ1v) is 14.4. The fourth-order valence-corrected chi connectivity index (χ4v) is 6.92. The lowest BCUT2D eigenvalue weighted by Crippen LogP contribution is -2.56. The molecule has 1 saturated carbocycles. The first-order valence-electron chi connectivity index (χ1n) is 14.4. The quantitative estimate of drug-likeness (QED) is 0.397. The lowest BCUT2D eigenvalue weighted by molar-refractivity contribution is -0.150. The van der Waals surface area contributed by atoms with Crippen LogP contribution in [0.2, 0.25) is 0 Å². The fraction of sp³-hybridized carbons (Fsp3) is 0.600. The molecule has 1 saturated heterocycles. The van der Waals surface area contributed by atoms with Crippen molar-refractivity contribution >= 4 is 17.5 Å². The largest absolute Gasteiger partial charge is 0.462 e. The van der Waals surface area contributed by atoms with E-state index in [4.69, 9.17) is 20.6 Å². The van der Waals surface area contributed by atoms with Crippen molar-refractivity contribution in [3.05, 3.63) is 42.2 Å². The molecule has 2 fully saturated rings. The van der Waals surface area contributed by atoms with Crippen LogP contribution >= 0.6 is 0 Å². The maximum Gasteiger partial charge on any atom is 0.309 e. The first-order chi connectivity index (χ1) is 18.8. The normalized spacial score (nSPS) is 22.6. The summed E-state index contributed by atoms with van der Waals surface area (Å²) < 4.78 is 7.92. The van der Waals surface area contributed by atoms with Gasteiger partial charge in [-0.2, -0.15) is 0 Å². The molecule has 1 amide bonds. The zero-order valence-corrected chi connectivity index (χ0v) is 23.5. The van der Waals surface area contributed by atoms with Crippen LogP contribution in [0.25, 0.3) is 16.9 Å². The van der Waals surface area contributed by atoms with Gasteiger partial charge >= 0.3 is 5.97 Å². The summed E-state index contributed by atoms with van der Waals surface area (Å²) >= 11 is 0. The molecule has 0 aromatic carbocycles. The van der Waals surface area contributed by atoms with Gasteiger partial charge in [-0.3, -0.25) is 19.0 Å². The molecule has 0 radical (unpaired) electrons. The molecule has 2 aliphatic rings. The van der Waals surface area contributed by atoms with Crippen molar-refractivity contribution in [1.82, 2.24) is 24.6 Å². The number of rotatable bonds is 9. The van der Waals surface area contributed by atoms with E-state index in [2.05, 4.69) is 17.0 Å². The number of nitrogens with zero attached hydrogens (tertiary/aromatic N) is 5. The van der Waals surface area contributed by atoms with Crippen molar-refractivity contribution in [3.63, 3.8) is 0 Å². The van der Waals surface area contributed by atoms with E-state index < -0.39 is 17.4 Å². The minimum Gasteiger partial charge on any atom is -0.462 e. The fourth-order valence-electron chi connectivity index (χ4n) is 6.92. The van der Waals surface area contributed by atoms with Crippen molar-refractivity contribution in [3.8, 4) is 11.3 Å². The Morgan fingerprint density at radius 1 is 1.21 bits per heavy atom. The van der Waals surface area contributed by atoms with Gasteiger partial charge in [-0.25, -0.2) is 4.98 Å². The summed E-state index contributed by atoms with van der Waals surface area (Å²) in [5.41, 5.74) is 8.35. The number of carbonyl (C=O) groups is 2. The van der Waals surface area contributed by atoms with Crippen molar-refractivity contribution in [1.29, 1.82) is 0 Å². The van der Waals surface area contributed by atoms with Gasteiger partial charge in [0.2, 0.25) is 5.91 Å². The van der Waals surface area contributed by atoms with Crippen LogP contribution in [0.1, 0.15) is 84.2 Å². The average molecular weight is 533 g/mol. The molecule has 3 aromatic heterocycles. The number of primary amides is 1. The molecule has 5 rings (SSSR count). The Hall–Kier alpha value is -3.36. The predicted molar refractivity (Wildman–Crippen MR) is 147 cm³/mol. The predicted octanol–water partition coefficient (Wildman–Crippen LogP) is 4.67. The highest BCUT2D eigenvalue weighted by Gasteiger charge is 2.58. The highest BCUT2D eigenvalue weighted by atomic mass is 16.6. The molecule has 0 bridgehead atoms. The molecule has 4 atom stereocenters. The molecule has 208 valence electrons. The number of carbonyl (C=O) groups excluding carboxylic acids is 2. The third-order valence-corrected chi connectivity index (χ3v) is 9.07. The molecule has 3 aromatic rings. The van der Waals surface area contributed by atoms with Crippen LogP contribution in [0.4, 0.5) is 0 Å². The number of esters is 1. The van der Waals surface area contributed by atoms with Crippen LogP contribution in [0, 0.1) is 23.7 Å². The number of pyridine rings is 1. The Balaban J connectivity index is 1.73. The Morgan fingerprint density at radius 2 is 1.97 bits per heavy atom. The number of fused-ring (bicyclic) bond motifs is 1. The zero-order valence-electron chi connectivity index (χ0n) is 23.5. The second-order valence-electron chi connectivity index (χ2n) is 11.7. The van der Waals surface area contributed by atoms with Crippen LogP contribution in [0.3, 0.4) is 0 Å².